The van der Waals surface area contributed by atoms with Crippen molar-refractivity contribution in [3.8, 4) is 0 Å². The molecule has 0 aromatic rings. The van der Waals surface area contributed by atoms with Crippen molar-refractivity contribution in [3.05, 3.63) is 0 Å². The third-order valence-electron chi connectivity index (χ3n) is 2.95. The van der Waals surface area contributed by atoms with Crippen LogP contribution in [0.4, 0.5) is 4.79 Å². The molecule has 2 amide bonds. The van der Waals surface area contributed by atoms with Crippen LogP contribution < -0.4 is 10.6 Å². The van der Waals surface area contributed by atoms with Crippen LogP contribution in [0, 0.1) is 0 Å². The fourth-order valence-electron chi connectivity index (χ4n) is 1.84. The van der Waals surface area contributed by atoms with Crippen molar-refractivity contribution >= 4 is 6.03 Å². The van der Waals surface area contributed by atoms with Crippen molar-refractivity contribution in [1.29, 1.82) is 0 Å². The Balaban J connectivity index is 1.95. The van der Waals surface area contributed by atoms with Gasteiger partial charge in [0.05, 0.1) is 5.54 Å². The lowest BCUT2D eigenvalue weighted by Crippen LogP contribution is -2.62. The van der Waals surface area contributed by atoms with Gasteiger partial charge in [-0.25, -0.2) is 4.79 Å². The number of nitrogens with zero attached hydrogens (tertiary/aromatic N) is 1. The van der Waals surface area contributed by atoms with E-state index >= 15 is 0 Å². The van der Waals surface area contributed by atoms with Gasteiger partial charge in [-0.3, -0.25) is 0 Å². The molecule has 2 aliphatic rings. The van der Waals surface area contributed by atoms with Crippen LogP contribution >= 0.6 is 0 Å². The Labute approximate surface area is 85.0 Å². The molecule has 0 aromatic heterocycles. The van der Waals surface area contributed by atoms with E-state index in [4.69, 9.17) is 0 Å². The van der Waals surface area contributed by atoms with Gasteiger partial charge in [0.25, 0.3) is 0 Å². The SMILES string of the molecule is CC1(C)CNCCN1C(=O)NC1CC1. The normalized spacial score (nSPS) is 26.0. The Bertz CT molecular complexity index is 236. The molecular weight excluding hydrogens is 178 g/mol. The first-order valence-corrected chi connectivity index (χ1v) is 5.38. The van der Waals surface area contributed by atoms with E-state index in [2.05, 4.69) is 24.5 Å². The first-order valence-electron chi connectivity index (χ1n) is 5.38. The number of hydrogen-bond acceptors (Lipinski definition) is 2. The van der Waals surface area contributed by atoms with Gasteiger partial charge in [0.2, 0.25) is 0 Å². The van der Waals surface area contributed by atoms with Crippen LogP contribution in [0.1, 0.15) is 26.7 Å². The van der Waals surface area contributed by atoms with Crippen molar-refractivity contribution in [3.63, 3.8) is 0 Å². The number of hydrogen-bond donors (Lipinski definition) is 2. The molecule has 0 aromatic carbocycles. The molecule has 2 N–H and O–H groups in total. The van der Waals surface area contributed by atoms with E-state index in [0.29, 0.717) is 6.04 Å². The fourth-order valence-corrected chi connectivity index (χ4v) is 1.84. The second-order valence-corrected chi connectivity index (χ2v) is 4.86. The van der Waals surface area contributed by atoms with Gasteiger partial charge < -0.3 is 15.5 Å². The van der Waals surface area contributed by atoms with Crippen molar-refractivity contribution in [2.45, 2.75) is 38.3 Å². The predicted octanol–water partition coefficient (Wildman–Crippen LogP) is 0.542. The number of piperazine rings is 1. The Kier molecular flexibility index (Phi) is 2.39. The Morgan fingerprint density at radius 2 is 2.21 bits per heavy atom. The standard InChI is InChI=1S/C10H19N3O/c1-10(2)7-11-5-6-13(10)9(14)12-8-3-4-8/h8,11H,3-7H2,1-2H3,(H,12,14). The molecule has 1 saturated heterocycles. The molecule has 2 rings (SSSR count). The van der Waals surface area contributed by atoms with Gasteiger partial charge in [-0.15, -0.1) is 0 Å². The summed E-state index contributed by atoms with van der Waals surface area (Å²) < 4.78 is 0. The van der Waals surface area contributed by atoms with E-state index in [1.54, 1.807) is 0 Å². The molecule has 1 aliphatic carbocycles. The fraction of sp³-hybridized carbons (Fsp3) is 0.900. The van der Waals surface area contributed by atoms with Crippen LogP contribution in [-0.2, 0) is 0 Å². The van der Waals surface area contributed by atoms with Crippen molar-refractivity contribution in [2.24, 2.45) is 0 Å². The topological polar surface area (TPSA) is 44.4 Å². The summed E-state index contributed by atoms with van der Waals surface area (Å²) in [6, 6.07) is 0.562. The average Bonchev–Trinajstić information content (AvgIpc) is 2.87. The zero-order valence-corrected chi connectivity index (χ0v) is 8.97. The van der Waals surface area contributed by atoms with Gasteiger partial charge in [-0.2, -0.15) is 0 Å². The maximum absolute atomic E-state index is 11.9. The van der Waals surface area contributed by atoms with Gasteiger partial charge >= 0.3 is 6.03 Å². The summed E-state index contributed by atoms with van der Waals surface area (Å²) in [7, 11) is 0. The monoisotopic (exact) mass is 197 g/mol. The molecule has 4 nitrogen and oxygen atoms in total. The zero-order chi connectivity index (χ0) is 10.2. The van der Waals surface area contributed by atoms with Crippen molar-refractivity contribution in [1.82, 2.24) is 15.5 Å². The molecule has 80 valence electrons. The number of carbonyl (C=O) groups excluding carboxylic acids is 1. The summed E-state index contributed by atoms with van der Waals surface area (Å²) in [5, 5.41) is 6.35. The van der Waals surface area contributed by atoms with E-state index in [1.165, 1.54) is 0 Å². The third kappa shape index (κ3) is 2.00. The van der Waals surface area contributed by atoms with E-state index < -0.39 is 0 Å². The molecule has 0 radical (unpaired) electrons. The van der Waals surface area contributed by atoms with Crippen LogP contribution in [-0.4, -0.2) is 42.1 Å². The van der Waals surface area contributed by atoms with Crippen molar-refractivity contribution < 1.29 is 4.79 Å². The maximum atomic E-state index is 11.9. The molecule has 4 heteroatoms. The average molecular weight is 197 g/mol. The lowest BCUT2D eigenvalue weighted by molar-refractivity contribution is 0.113. The highest BCUT2D eigenvalue weighted by molar-refractivity contribution is 5.75. The van der Waals surface area contributed by atoms with Gasteiger partial charge in [0.1, 0.15) is 0 Å². The molecule has 0 atom stereocenters. The minimum atomic E-state index is -0.0583. The predicted molar refractivity (Wildman–Crippen MR) is 55.2 cm³/mol. The van der Waals surface area contributed by atoms with E-state index in [1.807, 2.05) is 4.90 Å². The Morgan fingerprint density at radius 1 is 1.50 bits per heavy atom. The van der Waals surface area contributed by atoms with Crippen molar-refractivity contribution in [2.75, 3.05) is 19.6 Å². The van der Waals surface area contributed by atoms with Crippen LogP contribution in [0.5, 0.6) is 0 Å². The first kappa shape index (κ1) is 9.77. The number of nitrogens with one attached hydrogen (secondary N) is 2. The third-order valence-corrected chi connectivity index (χ3v) is 2.95. The Hall–Kier alpha value is -0.770. The quantitative estimate of drug-likeness (QED) is 0.644. The summed E-state index contributed by atoms with van der Waals surface area (Å²) >= 11 is 0. The largest absolute Gasteiger partial charge is 0.335 e. The lowest BCUT2D eigenvalue weighted by Gasteiger charge is -2.42. The first-order chi connectivity index (χ1) is 6.59. The molecule has 0 unspecified atom stereocenters. The molecule has 0 bridgehead atoms. The summed E-state index contributed by atoms with van der Waals surface area (Å²) in [6.07, 6.45) is 2.30. The van der Waals surface area contributed by atoms with Crippen LogP contribution in [0.25, 0.3) is 0 Å². The maximum Gasteiger partial charge on any atom is 0.318 e. The number of urea groups is 1. The lowest BCUT2D eigenvalue weighted by atomic mass is 10.0. The van der Waals surface area contributed by atoms with Crippen LogP contribution in [0.3, 0.4) is 0 Å². The minimum Gasteiger partial charge on any atom is -0.335 e. The van der Waals surface area contributed by atoms with E-state index in [9.17, 15) is 4.79 Å². The molecular formula is C10H19N3O. The highest BCUT2D eigenvalue weighted by atomic mass is 16.2. The molecule has 1 saturated carbocycles. The highest BCUT2D eigenvalue weighted by Crippen LogP contribution is 2.21. The summed E-state index contributed by atoms with van der Waals surface area (Å²) in [5.41, 5.74) is -0.0583. The van der Waals surface area contributed by atoms with E-state index in [-0.39, 0.29) is 11.6 Å². The molecule has 2 fully saturated rings. The molecule has 0 spiro atoms. The van der Waals surface area contributed by atoms with E-state index in [0.717, 1.165) is 32.5 Å². The summed E-state index contributed by atoms with van der Waals surface area (Å²) in [4.78, 5) is 13.8. The van der Waals surface area contributed by atoms with Gasteiger partial charge in [0.15, 0.2) is 0 Å². The van der Waals surface area contributed by atoms with Gasteiger partial charge in [-0.1, -0.05) is 0 Å². The second-order valence-electron chi connectivity index (χ2n) is 4.86. The number of amides is 2. The van der Waals surface area contributed by atoms with Gasteiger partial charge in [-0.05, 0) is 26.7 Å². The highest BCUT2D eigenvalue weighted by Gasteiger charge is 2.35. The summed E-state index contributed by atoms with van der Waals surface area (Å²) in [5.74, 6) is 0. The number of rotatable bonds is 1. The van der Waals surface area contributed by atoms with Crippen LogP contribution in [0.15, 0.2) is 0 Å². The zero-order valence-electron chi connectivity index (χ0n) is 8.97. The molecule has 1 heterocycles. The van der Waals surface area contributed by atoms with Gasteiger partial charge in [0, 0.05) is 25.7 Å². The minimum absolute atomic E-state index is 0.0583. The second kappa shape index (κ2) is 3.42. The van der Waals surface area contributed by atoms with Crippen LogP contribution in [0.2, 0.25) is 0 Å². The molecule has 1 aliphatic heterocycles. The molecule has 14 heavy (non-hydrogen) atoms. The Morgan fingerprint density at radius 3 is 2.79 bits per heavy atom. The number of carbonyl (C=O) groups is 1. The smallest absolute Gasteiger partial charge is 0.318 e. The summed E-state index contributed by atoms with van der Waals surface area (Å²) in [6.45, 7) is 6.80.